The molecule has 0 bridgehead atoms. The van der Waals surface area contributed by atoms with Crippen LogP contribution in [0.25, 0.3) is 0 Å². The normalized spacial score (nSPS) is 18.0. The highest BCUT2D eigenvalue weighted by Crippen LogP contribution is 2.32. The summed E-state index contributed by atoms with van der Waals surface area (Å²) in [5, 5.41) is 8.30. The third-order valence-corrected chi connectivity index (χ3v) is 5.23. The van der Waals surface area contributed by atoms with E-state index in [2.05, 4.69) is 55.3 Å². The lowest BCUT2D eigenvalue weighted by Crippen LogP contribution is -2.52. The van der Waals surface area contributed by atoms with Gasteiger partial charge in [-0.1, -0.05) is 19.3 Å². The number of anilines is 1. The van der Waals surface area contributed by atoms with Crippen molar-refractivity contribution in [2.75, 3.05) is 39.6 Å². The number of aryl methyl sites for hydroxylation is 2. The van der Waals surface area contributed by atoms with Gasteiger partial charge in [0, 0.05) is 45.3 Å². The number of nitrogens with zero attached hydrogens (tertiary/aromatic N) is 4. The van der Waals surface area contributed by atoms with Crippen LogP contribution in [0.4, 0.5) is 5.82 Å². The lowest BCUT2D eigenvalue weighted by molar-refractivity contribution is 0.0984. The van der Waals surface area contributed by atoms with E-state index in [4.69, 9.17) is 0 Å². The highest BCUT2D eigenvalue weighted by Gasteiger charge is 2.33. The van der Waals surface area contributed by atoms with E-state index >= 15 is 0 Å². The molecule has 2 rings (SSSR count). The second kappa shape index (κ2) is 7.01. The first-order chi connectivity index (χ1) is 10.4. The average molecular weight is 307 g/mol. The largest absolute Gasteiger partial charge is 0.363 e. The van der Waals surface area contributed by atoms with Crippen molar-refractivity contribution >= 4 is 5.82 Å². The molecule has 1 heterocycles. The Labute approximate surface area is 135 Å². The van der Waals surface area contributed by atoms with E-state index in [0.29, 0.717) is 5.54 Å². The van der Waals surface area contributed by atoms with Crippen molar-refractivity contribution in [3.63, 3.8) is 0 Å². The average Bonchev–Trinajstić information content (AvgIpc) is 2.74. The zero-order valence-corrected chi connectivity index (χ0v) is 15.2. The van der Waals surface area contributed by atoms with Crippen molar-refractivity contribution in [2.45, 2.75) is 51.1 Å². The predicted molar refractivity (Wildman–Crippen MR) is 93.5 cm³/mol. The van der Waals surface area contributed by atoms with E-state index < -0.39 is 0 Å². The lowest BCUT2D eigenvalue weighted by Gasteiger charge is -2.43. The minimum absolute atomic E-state index is 0.326. The Morgan fingerprint density at radius 2 is 1.77 bits per heavy atom. The van der Waals surface area contributed by atoms with E-state index in [1.807, 2.05) is 11.7 Å². The van der Waals surface area contributed by atoms with E-state index in [0.717, 1.165) is 18.8 Å². The summed E-state index contributed by atoms with van der Waals surface area (Å²) in [6, 6.07) is 0. The monoisotopic (exact) mass is 307 g/mol. The summed E-state index contributed by atoms with van der Waals surface area (Å²) in [5.74, 6) is 1.20. The van der Waals surface area contributed by atoms with Gasteiger partial charge < -0.3 is 15.1 Å². The van der Waals surface area contributed by atoms with Crippen LogP contribution >= 0.6 is 0 Å². The molecule has 0 unspecified atom stereocenters. The molecule has 0 amide bonds. The molecule has 22 heavy (non-hydrogen) atoms. The molecule has 0 atom stereocenters. The summed E-state index contributed by atoms with van der Waals surface area (Å²) in [7, 11) is 10.7. The SMILES string of the molecule is Cc1nn(C)c(N(C)C)c1CNCC1(N(C)C)CCCCC1. The molecule has 1 aliphatic carbocycles. The molecule has 0 radical (unpaired) electrons. The number of aromatic nitrogens is 2. The first-order valence-electron chi connectivity index (χ1n) is 8.45. The van der Waals surface area contributed by atoms with Crippen LogP contribution in [0.5, 0.6) is 0 Å². The molecule has 0 spiro atoms. The van der Waals surface area contributed by atoms with Crippen molar-refractivity contribution in [3.05, 3.63) is 11.3 Å². The van der Waals surface area contributed by atoms with Crippen LogP contribution in [0.15, 0.2) is 0 Å². The maximum Gasteiger partial charge on any atom is 0.130 e. The summed E-state index contributed by atoms with van der Waals surface area (Å²) < 4.78 is 1.98. The minimum atomic E-state index is 0.326. The van der Waals surface area contributed by atoms with Crippen LogP contribution in [0.1, 0.15) is 43.4 Å². The number of hydrogen-bond donors (Lipinski definition) is 1. The van der Waals surface area contributed by atoms with E-state index in [-0.39, 0.29) is 0 Å². The van der Waals surface area contributed by atoms with E-state index in [1.165, 1.54) is 43.5 Å². The van der Waals surface area contributed by atoms with Crippen LogP contribution in [0.2, 0.25) is 0 Å². The second-order valence-electron chi connectivity index (χ2n) is 7.19. The maximum absolute atomic E-state index is 4.57. The molecule has 0 aliphatic heterocycles. The molecule has 5 nitrogen and oxygen atoms in total. The van der Waals surface area contributed by atoms with Crippen LogP contribution in [0, 0.1) is 6.92 Å². The van der Waals surface area contributed by atoms with Crippen LogP contribution in [0.3, 0.4) is 0 Å². The third-order valence-electron chi connectivity index (χ3n) is 5.23. The molecule has 5 heteroatoms. The minimum Gasteiger partial charge on any atom is -0.363 e. The fourth-order valence-corrected chi connectivity index (χ4v) is 3.87. The summed E-state index contributed by atoms with van der Waals surface area (Å²) >= 11 is 0. The molecule has 1 saturated carbocycles. The summed E-state index contributed by atoms with van der Waals surface area (Å²) in [6.07, 6.45) is 6.71. The summed E-state index contributed by atoms with van der Waals surface area (Å²) in [6.45, 7) is 4.05. The zero-order chi connectivity index (χ0) is 16.3. The molecule has 1 fully saturated rings. The first-order valence-corrected chi connectivity index (χ1v) is 8.45. The number of hydrogen-bond acceptors (Lipinski definition) is 4. The second-order valence-corrected chi connectivity index (χ2v) is 7.19. The Kier molecular flexibility index (Phi) is 5.50. The zero-order valence-electron chi connectivity index (χ0n) is 15.2. The Morgan fingerprint density at radius 1 is 1.14 bits per heavy atom. The molecule has 1 aliphatic rings. The van der Waals surface area contributed by atoms with Gasteiger partial charge in [-0.2, -0.15) is 5.10 Å². The Bertz CT molecular complexity index is 483. The van der Waals surface area contributed by atoms with Crippen LogP contribution in [-0.2, 0) is 13.6 Å². The van der Waals surface area contributed by atoms with Crippen molar-refractivity contribution in [1.82, 2.24) is 20.0 Å². The van der Waals surface area contributed by atoms with Crippen molar-refractivity contribution in [1.29, 1.82) is 0 Å². The van der Waals surface area contributed by atoms with Crippen molar-refractivity contribution in [3.8, 4) is 0 Å². The van der Waals surface area contributed by atoms with Crippen LogP contribution < -0.4 is 10.2 Å². The fourth-order valence-electron chi connectivity index (χ4n) is 3.87. The van der Waals surface area contributed by atoms with Crippen molar-refractivity contribution in [2.24, 2.45) is 7.05 Å². The van der Waals surface area contributed by atoms with E-state index in [9.17, 15) is 0 Å². The molecular formula is C17H33N5. The number of rotatable bonds is 6. The summed E-state index contributed by atoms with van der Waals surface area (Å²) in [5.41, 5.74) is 2.77. The fraction of sp³-hybridized carbons (Fsp3) is 0.824. The standard InChI is InChI=1S/C17H33N5/c1-14-15(16(20(2)3)22(6)19-14)12-18-13-17(21(4)5)10-8-7-9-11-17/h18H,7-13H2,1-6H3. The smallest absolute Gasteiger partial charge is 0.130 e. The van der Waals surface area contributed by atoms with Gasteiger partial charge in [0.2, 0.25) is 0 Å². The van der Waals surface area contributed by atoms with Gasteiger partial charge >= 0.3 is 0 Å². The van der Waals surface area contributed by atoms with Gasteiger partial charge in [0.1, 0.15) is 5.82 Å². The van der Waals surface area contributed by atoms with Gasteiger partial charge in [-0.15, -0.1) is 0 Å². The quantitative estimate of drug-likeness (QED) is 0.874. The number of likely N-dealkylation sites (N-methyl/N-ethyl adjacent to an activating group) is 1. The highest BCUT2D eigenvalue weighted by atomic mass is 15.4. The molecular weight excluding hydrogens is 274 g/mol. The predicted octanol–water partition coefficient (Wildman–Crippen LogP) is 2.15. The molecule has 0 aromatic carbocycles. The third kappa shape index (κ3) is 3.46. The molecule has 0 saturated heterocycles. The maximum atomic E-state index is 4.57. The van der Waals surface area contributed by atoms with Gasteiger partial charge in [0.25, 0.3) is 0 Å². The van der Waals surface area contributed by atoms with Crippen LogP contribution in [-0.4, -0.2) is 55.0 Å². The molecule has 126 valence electrons. The van der Waals surface area contributed by atoms with Gasteiger partial charge in [0.15, 0.2) is 0 Å². The van der Waals surface area contributed by atoms with Gasteiger partial charge in [0.05, 0.1) is 5.69 Å². The summed E-state index contributed by atoms with van der Waals surface area (Å²) in [4.78, 5) is 4.58. The van der Waals surface area contributed by atoms with Crippen molar-refractivity contribution < 1.29 is 0 Å². The molecule has 1 aromatic heterocycles. The van der Waals surface area contributed by atoms with Gasteiger partial charge in [-0.3, -0.25) is 4.68 Å². The van der Waals surface area contributed by atoms with E-state index in [1.54, 1.807) is 0 Å². The topological polar surface area (TPSA) is 36.3 Å². The first kappa shape index (κ1) is 17.3. The van der Waals surface area contributed by atoms with Gasteiger partial charge in [-0.05, 0) is 33.9 Å². The van der Waals surface area contributed by atoms with Gasteiger partial charge in [-0.25, -0.2) is 0 Å². The Balaban J connectivity index is 2.04. The Hall–Kier alpha value is -1.07. The highest BCUT2D eigenvalue weighted by molar-refractivity contribution is 5.48. The number of nitrogens with one attached hydrogen (secondary N) is 1. The molecule has 1 N–H and O–H groups in total. The molecule has 1 aromatic rings. The Morgan fingerprint density at radius 3 is 2.32 bits per heavy atom. The lowest BCUT2D eigenvalue weighted by atomic mass is 9.80.